The third-order valence-electron chi connectivity index (χ3n) is 4.82. The van der Waals surface area contributed by atoms with E-state index in [0.717, 1.165) is 16.8 Å². The molecule has 1 amide bonds. The number of rotatable bonds is 5. The Balaban J connectivity index is 1.62. The Morgan fingerprint density at radius 1 is 1.03 bits per heavy atom. The Kier molecular flexibility index (Phi) is 5.18. The van der Waals surface area contributed by atoms with Gasteiger partial charge in [-0.1, -0.05) is 12.1 Å². The number of benzene rings is 1. The normalized spacial score (nSPS) is 11.1. The van der Waals surface area contributed by atoms with E-state index in [-0.39, 0.29) is 11.9 Å². The average Bonchev–Trinajstić information content (AvgIpc) is 3.37. The lowest BCUT2D eigenvalue weighted by molar-refractivity contribution is 0.102. The molecule has 0 radical (unpaired) electrons. The van der Waals surface area contributed by atoms with Gasteiger partial charge in [0, 0.05) is 17.9 Å². The molecule has 0 saturated heterocycles. The second-order valence-electron chi connectivity index (χ2n) is 7.63. The van der Waals surface area contributed by atoms with Crippen LogP contribution < -0.4 is 5.32 Å². The Hall–Kier alpha value is -3.74. The molecule has 0 unspecified atom stereocenters. The van der Waals surface area contributed by atoms with Crippen LogP contribution in [-0.4, -0.2) is 30.2 Å². The van der Waals surface area contributed by atoms with Gasteiger partial charge in [0.1, 0.15) is 23.5 Å². The number of pyridine rings is 1. The minimum absolute atomic E-state index is 0.205. The van der Waals surface area contributed by atoms with Crippen molar-refractivity contribution < 1.29 is 4.79 Å². The van der Waals surface area contributed by atoms with Crippen molar-refractivity contribution in [2.24, 2.45) is 0 Å². The number of aryl methyl sites for hydroxylation is 2. The first-order valence-electron chi connectivity index (χ1n) is 9.86. The molecule has 30 heavy (non-hydrogen) atoms. The van der Waals surface area contributed by atoms with Crippen molar-refractivity contribution in [2.45, 2.75) is 33.7 Å². The average molecular weight is 400 g/mol. The summed E-state index contributed by atoms with van der Waals surface area (Å²) < 4.78 is 3.83. The second-order valence-corrected chi connectivity index (χ2v) is 7.63. The highest BCUT2D eigenvalue weighted by molar-refractivity contribution is 6.03. The van der Waals surface area contributed by atoms with Crippen LogP contribution in [0.2, 0.25) is 0 Å². The molecule has 0 bridgehead atoms. The van der Waals surface area contributed by atoms with Crippen molar-refractivity contribution in [1.82, 2.24) is 24.3 Å². The number of hydrogen-bond acceptors (Lipinski definition) is 4. The summed E-state index contributed by atoms with van der Waals surface area (Å²) in [5.41, 5.74) is 4.44. The summed E-state index contributed by atoms with van der Waals surface area (Å²) >= 11 is 0. The fourth-order valence-corrected chi connectivity index (χ4v) is 3.49. The van der Waals surface area contributed by atoms with Gasteiger partial charge in [0.15, 0.2) is 5.82 Å². The highest BCUT2D eigenvalue weighted by atomic mass is 16.2. The zero-order valence-electron chi connectivity index (χ0n) is 17.5. The lowest BCUT2D eigenvalue weighted by Crippen LogP contribution is -2.17. The molecular weight excluding hydrogens is 376 g/mol. The molecule has 0 spiro atoms. The van der Waals surface area contributed by atoms with Crippen LogP contribution in [0, 0.1) is 13.8 Å². The van der Waals surface area contributed by atoms with E-state index in [1.54, 1.807) is 18.5 Å². The molecule has 3 heterocycles. The van der Waals surface area contributed by atoms with E-state index in [1.807, 2.05) is 47.4 Å². The van der Waals surface area contributed by atoms with Gasteiger partial charge in [-0.2, -0.15) is 0 Å². The van der Waals surface area contributed by atoms with Crippen LogP contribution in [0.4, 0.5) is 5.82 Å². The molecule has 0 aliphatic heterocycles. The quantitative estimate of drug-likeness (QED) is 0.532. The van der Waals surface area contributed by atoms with E-state index in [0.29, 0.717) is 23.0 Å². The van der Waals surface area contributed by atoms with Gasteiger partial charge in [0.05, 0.1) is 0 Å². The standard InChI is InChI=1S/C23H24N6O/c1-15(2)29-14-24-27-22(29)19-7-5-9-21(25-19)26-23(30)20-8-6-10-28(20)18-12-16(3)11-17(4)13-18/h5-15H,1-4H3,(H,25,26,30). The SMILES string of the molecule is Cc1cc(C)cc(-n2cccc2C(=O)Nc2cccc(-c3nncn3C(C)C)n2)c1. The molecule has 1 N–H and O–H groups in total. The van der Waals surface area contributed by atoms with Crippen LogP contribution in [0.3, 0.4) is 0 Å². The van der Waals surface area contributed by atoms with Gasteiger partial charge in [-0.3, -0.25) is 4.79 Å². The molecule has 0 fully saturated rings. The van der Waals surface area contributed by atoms with Crippen LogP contribution in [0.5, 0.6) is 0 Å². The summed E-state index contributed by atoms with van der Waals surface area (Å²) in [6, 6.07) is 15.6. The molecule has 152 valence electrons. The minimum atomic E-state index is -0.228. The van der Waals surface area contributed by atoms with E-state index in [2.05, 4.69) is 52.5 Å². The molecule has 7 nitrogen and oxygen atoms in total. The highest BCUT2D eigenvalue weighted by Crippen LogP contribution is 2.21. The predicted octanol–water partition coefficient (Wildman–Crippen LogP) is 4.58. The van der Waals surface area contributed by atoms with E-state index in [4.69, 9.17) is 0 Å². The summed E-state index contributed by atoms with van der Waals surface area (Å²) in [6.45, 7) is 8.20. The molecule has 0 saturated carbocycles. The number of aromatic nitrogens is 5. The molecule has 0 atom stereocenters. The van der Waals surface area contributed by atoms with Gasteiger partial charge in [0.25, 0.3) is 5.91 Å². The maximum Gasteiger partial charge on any atom is 0.273 e. The molecule has 0 aliphatic carbocycles. The van der Waals surface area contributed by atoms with E-state index in [1.165, 1.54) is 0 Å². The van der Waals surface area contributed by atoms with Gasteiger partial charge in [-0.25, -0.2) is 4.98 Å². The maximum atomic E-state index is 13.0. The Labute approximate surface area is 175 Å². The molecule has 4 rings (SSSR count). The molecule has 0 aliphatic rings. The predicted molar refractivity (Wildman–Crippen MR) is 117 cm³/mol. The third kappa shape index (κ3) is 3.87. The summed E-state index contributed by atoms with van der Waals surface area (Å²) in [7, 11) is 0. The van der Waals surface area contributed by atoms with Crippen LogP contribution >= 0.6 is 0 Å². The van der Waals surface area contributed by atoms with Gasteiger partial charge >= 0.3 is 0 Å². The topological polar surface area (TPSA) is 77.6 Å². The smallest absolute Gasteiger partial charge is 0.273 e. The number of nitrogens with zero attached hydrogens (tertiary/aromatic N) is 5. The van der Waals surface area contributed by atoms with Crippen LogP contribution in [0.1, 0.15) is 41.5 Å². The van der Waals surface area contributed by atoms with Crippen molar-refractivity contribution >= 4 is 11.7 Å². The second kappa shape index (κ2) is 7.94. The number of anilines is 1. The first kappa shape index (κ1) is 19.6. The van der Waals surface area contributed by atoms with Crippen molar-refractivity contribution in [2.75, 3.05) is 5.32 Å². The number of amides is 1. The lowest BCUT2D eigenvalue weighted by Gasteiger charge is -2.12. The number of nitrogens with one attached hydrogen (secondary N) is 1. The van der Waals surface area contributed by atoms with E-state index < -0.39 is 0 Å². The first-order chi connectivity index (χ1) is 14.4. The zero-order valence-corrected chi connectivity index (χ0v) is 17.5. The van der Waals surface area contributed by atoms with Gasteiger partial charge in [0.2, 0.25) is 0 Å². The van der Waals surface area contributed by atoms with E-state index in [9.17, 15) is 4.79 Å². The van der Waals surface area contributed by atoms with Crippen molar-refractivity contribution in [1.29, 1.82) is 0 Å². The van der Waals surface area contributed by atoms with Gasteiger partial charge in [-0.05, 0) is 75.2 Å². The Morgan fingerprint density at radius 3 is 2.53 bits per heavy atom. The molecular formula is C23H24N6O. The zero-order chi connectivity index (χ0) is 21.3. The van der Waals surface area contributed by atoms with Gasteiger partial charge in [-0.15, -0.1) is 10.2 Å². The molecule has 7 heteroatoms. The first-order valence-corrected chi connectivity index (χ1v) is 9.86. The third-order valence-corrected chi connectivity index (χ3v) is 4.82. The van der Waals surface area contributed by atoms with Crippen molar-refractivity contribution in [3.8, 4) is 17.2 Å². The van der Waals surface area contributed by atoms with Gasteiger partial charge < -0.3 is 14.5 Å². The Bertz CT molecular complexity index is 1180. The minimum Gasteiger partial charge on any atom is -0.312 e. The molecule has 3 aromatic heterocycles. The van der Waals surface area contributed by atoms with Crippen LogP contribution in [-0.2, 0) is 0 Å². The number of hydrogen-bond donors (Lipinski definition) is 1. The summed E-state index contributed by atoms with van der Waals surface area (Å²) in [4.78, 5) is 17.6. The summed E-state index contributed by atoms with van der Waals surface area (Å²) in [6.07, 6.45) is 3.57. The summed E-state index contributed by atoms with van der Waals surface area (Å²) in [5, 5.41) is 11.1. The monoisotopic (exact) mass is 400 g/mol. The lowest BCUT2D eigenvalue weighted by atomic mass is 10.1. The Morgan fingerprint density at radius 2 is 1.80 bits per heavy atom. The van der Waals surface area contributed by atoms with Crippen molar-refractivity contribution in [3.05, 3.63) is 77.9 Å². The fourth-order valence-electron chi connectivity index (χ4n) is 3.49. The molecule has 1 aromatic carbocycles. The highest BCUT2D eigenvalue weighted by Gasteiger charge is 2.15. The number of carbonyl (C=O) groups excluding carboxylic acids is 1. The van der Waals surface area contributed by atoms with Crippen LogP contribution in [0.25, 0.3) is 17.2 Å². The number of carbonyl (C=O) groups is 1. The van der Waals surface area contributed by atoms with Crippen LogP contribution in [0.15, 0.2) is 61.1 Å². The molecule has 4 aromatic rings. The van der Waals surface area contributed by atoms with Crippen molar-refractivity contribution in [3.63, 3.8) is 0 Å². The van der Waals surface area contributed by atoms with E-state index >= 15 is 0 Å². The summed E-state index contributed by atoms with van der Waals surface area (Å²) in [5.74, 6) is 0.901. The fraction of sp³-hybridized carbons (Fsp3) is 0.217. The maximum absolute atomic E-state index is 13.0. The largest absolute Gasteiger partial charge is 0.312 e.